The van der Waals surface area contributed by atoms with Crippen LogP contribution in [0.4, 0.5) is 0 Å². The van der Waals surface area contributed by atoms with Crippen molar-refractivity contribution in [2.75, 3.05) is 20.3 Å². The predicted molar refractivity (Wildman–Crippen MR) is 66.2 cm³/mol. The van der Waals surface area contributed by atoms with E-state index < -0.39 is 0 Å². The smallest absolute Gasteiger partial charge is 0.156 e. The number of aromatic nitrogens is 3. The molecule has 0 aliphatic carbocycles. The normalized spacial score (nSPS) is 11.0. The van der Waals surface area contributed by atoms with Crippen molar-refractivity contribution in [3.8, 4) is 0 Å². The molecule has 0 aliphatic heterocycles. The SMILES string of the molecule is COCCNCc1nccn1Cc1cc(C)no1. The molecule has 0 unspecified atom stereocenters. The number of methoxy groups -OCH3 is 1. The van der Waals surface area contributed by atoms with E-state index in [0.29, 0.717) is 19.7 Å². The van der Waals surface area contributed by atoms with Crippen LogP contribution >= 0.6 is 0 Å². The van der Waals surface area contributed by atoms with E-state index in [1.54, 1.807) is 13.3 Å². The van der Waals surface area contributed by atoms with Crippen LogP contribution in [0.3, 0.4) is 0 Å². The lowest BCUT2D eigenvalue weighted by Gasteiger charge is -2.06. The highest BCUT2D eigenvalue weighted by Crippen LogP contribution is 2.07. The average molecular weight is 250 g/mol. The van der Waals surface area contributed by atoms with E-state index >= 15 is 0 Å². The van der Waals surface area contributed by atoms with Gasteiger partial charge < -0.3 is 19.1 Å². The molecule has 0 bridgehead atoms. The van der Waals surface area contributed by atoms with Crippen molar-refractivity contribution in [2.24, 2.45) is 0 Å². The molecule has 6 heteroatoms. The van der Waals surface area contributed by atoms with E-state index in [1.165, 1.54) is 0 Å². The van der Waals surface area contributed by atoms with Gasteiger partial charge in [0.15, 0.2) is 5.76 Å². The highest BCUT2D eigenvalue weighted by Gasteiger charge is 2.06. The fraction of sp³-hybridized carbons (Fsp3) is 0.500. The second-order valence-corrected chi connectivity index (χ2v) is 4.08. The number of nitrogens with one attached hydrogen (secondary N) is 1. The molecule has 2 rings (SSSR count). The molecule has 2 aromatic heterocycles. The molecule has 0 fully saturated rings. The monoisotopic (exact) mass is 250 g/mol. The van der Waals surface area contributed by atoms with Crippen molar-refractivity contribution < 1.29 is 9.26 Å². The summed E-state index contributed by atoms with van der Waals surface area (Å²) < 4.78 is 12.2. The van der Waals surface area contributed by atoms with Crippen LogP contribution in [0.5, 0.6) is 0 Å². The van der Waals surface area contributed by atoms with Crippen molar-refractivity contribution in [3.05, 3.63) is 35.7 Å². The van der Waals surface area contributed by atoms with Crippen LogP contribution in [-0.4, -0.2) is 35.0 Å². The Labute approximate surface area is 106 Å². The van der Waals surface area contributed by atoms with Crippen molar-refractivity contribution in [3.63, 3.8) is 0 Å². The topological polar surface area (TPSA) is 65.1 Å². The van der Waals surface area contributed by atoms with Crippen molar-refractivity contribution >= 4 is 0 Å². The number of aryl methyl sites for hydroxylation is 1. The first-order chi connectivity index (χ1) is 8.79. The van der Waals surface area contributed by atoms with E-state index in [4.69, 9.17) is 9.26 Å². The summed E-state index contributed by atoms with van der Waals surface area (Å²) in [6.07, 6.45) is 3.72. The van der Waals surface area contributed by atoms with Gasteiger partial charge in [-0.05, 0) is 6.92 Å². The maximum Gasteiger partial charge on any atom is 0.156 e. The van der Waals surface area contributed by atoms with Crippen LogP contribution in [0.1, 0.15) is 17.3 Å². The Morgan fingerprint density at radius 3 is 3.11 bits per heavy atom. The lowest BCUT2D eigenvalue weighted by atomic mass is 10.4. The van der Waals surface area contributed by atoms with Crippen molar-refractivity contribution in [1.82, 2.24) is 20.0 Å². The fourth-order valence-corrected chi connectivity index (χ4v) is 1.68. The molecule has 0 amide bonds. The third-order valence-electron chi connectivity index (χ3n) is 2.57. The summed E-state index contributed by atoms with van der Waals surface area (Å²) in [4.78, 5) is 4.31. The van der Waals surface area contributed by atoms with Crippen LogP contribution in [-0.2, 0) is 17.8 Å². The summed E-state index contributed by atoms with van der Waals surface area (Å²) in [6.45, 7) is 4.78. The number of hydrogen-bond donors (Lipinski definition) is 1. The highest BCUT2D eigenvalue weighted by atomic mass is 16.5. The maximum absolute atomic E-state index is 5.20. The Morgan fingerprint density at radius 1 is 1.50 bits per heavy atom. The van der Waals surface area contributed by atoms with Crippen molar-refractivity contribution in [1.29, 1.82) is 0 Å². The molecule has 0 saturated carbocycles. The highest BCUT2D eigenvalue weighted by molar-refractivity contribution is 5.05. The number of ether oxygens (including phenoxy) is 1. The largest absolute Gasteiger partial charge is 0.383 e. The first-order valence-electron chi connectivity index (χ1n) is 5.91. The van der Waals surface area contributed by atoms with Gasteiger partial charge >= 0.3 is 0 Å². The van der Waals surface area contributed by atoms with Crippen LogP contribution in [0.15, 0.2) is 23.0 Å². The summed E-state index contributed by atoms with van der Waals surface area (Å²) >= 11 is 0. The van der Waals surface area contributed by atoms with Gasteiger partial charge in [-0.2, -0.15) is 0 Å². The summed E-state index contributed by atoms with van der Waals surface area (Å²) in [5.41, 5.74) is 0.893. The standard InChI is InChI=1S/C12H18N4O2/c1-10-7-11(18-15-10)9-16-5-3-14-12(16)8-13-4-6-17-2/h3,5,7,13H,4,6,8-9H2,1-2H3. The number of hydrogen-bond acceptors (Lipinski definition) is 5. The summed E-state index contributed by atoms with van der Waals surface area (Å²) in [7, 11) is 1.69. The zero-order valence-electron chi connectivity index (χ0n) is 10.7. The van der Waals surface area contributed by atoms with E-state index in [1.807, 2.05) is 23.8 Å². The lowest BCUT2D eigenvalue weighted by molar-refractivity contribution is 0.199. The van der Waals surface area contributed by atoms with E-state index in [2.05, 4.69) is 15.5 Å². The Bertz CT molecular complexity index is 478. The predicted octanol–water partition coefficient (Wildman–Crippen LogP) is 0.964. The molecule has 0 radical (unpaired) electrons. The minimum atomic E-state index is 0.655. The summed E-state index contributed by atoms with van der Waals surface area (Å²) in [5.74, 6) is 1.81. The van der Waals surface area contributed by atoms with Crippen LogP contribution in [0, 0.1) is 6.92 Å². The maximum atomic E-state index is 5.20. The molecule has 0 atom stereocenters. The quantitative estimate of drug-likeness (QED) is 0.742. The van der Waals surface area contributed by atoms with Crippen LogP contribution in [0.2, 0.25) is 0 Å². The van der Waals surface area contributed by atoms with E-state index in [0.717, 1.165) is 23.8 Å². The van der Waals surface area contributed by atoms with Gasteiger partial charge in [0.25, 0.3) is 0 Å². The molecule has 98 valence electrons. The minimum absolute atomic E-state index is 0.655. The molecule has 0 aliphatic rings. The first-order valence-corrected chi connectivity index (χ1v) is 5.91. The first kappa shape index (κ1) is 12.8. The third-order valence-corrected chi connectivity index (χ3v) is 2.57. The molecular weight excluding hydrogens is 232 g/mol. The zero-order chi connectivity index (χ0) is 12.8. The van der Waals surface area contributed by atoms with Gasteiger partial charge in [0.1, 0.15) is 5.82 Å². The zero-order valence-corrected chi connectivity index (χ0v) is 10.7. The van der Waals surface area contributed by atoms with Gasteiger partial charge in [-0.15, -0.1) is 0 Å². The summed E-state index contributed by atoms with van der Waals surface area (Å²) in [6, 6.07) is 1.93. The second kappa shape index (κ2) is 6.32. The molecule has 2 heterocycles. The van der Waals surface area contributed by atoms with Gasteiger partial charge in [0.05, 0.1) is 25.4 Å². The van der Waals surface area contributed by atoms with Crippen molar-refractivity contribution in [2.45, 2.75) is 20.0 Å². The molecule has 0 spiro atoms. The van der Waals surface area contributed by atoms with Gasteiger partial charge in [0.2, 0.25) is 0 Å². The molecule has 2 aromatic rings. The molecule has 0 aromatic carbocycles. The molecule has 1 N–H and O–H groups in total. The van der Waals surface area contributed by atoms with Gasteiger partial charge in [-0.25, -0.2) is 4.98 Å². The Hall–Kier alpha value is -1.66. The molecule has 0 saturated heterocycles. The summed E-state index contributed by atoms with van der Waals surface area (Å²) in [5, 5.41) is 7.14. The fourth-order valence-electron chi connectivity index (χ4n) is 1.68. The van der Waals surface area contributed by atoms with E-state index in [9.17, 15) is 0 Å². The third kappa shape index (κ3) is 3.41. The average Bonchev–Trinajstić information content (AvgIpc) is 2.95. The number of imidazole rings is 1. The second-order valence-electron chi connectivity index (χ2n) is 4.08. The Kier molecular flexibility index (Phi) is 4.49. The van der Waals surface area contributed by atoms with Gasteiger partial charge in [0, 0.05) is 32.1 Å². The molecule has 18 heavy (non-hydrogen) atoms. The molecule has 6 nitrogen and oxygen atoms in total. The number of nitrogens with zero attached hydrogens (tertiary/aromatic N) is 3. The minimum Gasteiger partial charge on any atom is -0.383 e. The van der Waals surface area contributed by atoms with Gasteiger partial charge in [-0.3, -0.25) is 0 Å². The van der Waals surface area contributed by atoms with Gasteiger partial charge in [-0.1, -0.05) is 5.16 Å². The Balaban J connectivity index is 1.91. The van der Waals surface area contributed by atoms with Crippen LogP contribution in [0.25, 0.3) is 0 Å². The lowest BCUT2D eigenvalue weighted by Crippen LogP contribution is -2.21. The number of rotatable bonds is 7. The molecular formula is C12H18N4O2. The Morgan fingerprint density at radius 2 is 2.39 bits per heavy atom. The van der Waals surface area contributed by atoms with E-state index in [-0.39, 0.29) is 0 Å². The van der Waals surface area contributed by atoms with Crippen LogP contribution < -0.4 is 5.32 Å².